The lowest BCUT2D eigenvalue weighted by molar-refractivity contribution is -0.119. The van der Waals surface area contributed by atoms with E-state index < -0.39 is 18.5 Å². The lowest BCUT2D eigenvalue weighted by atomic mass is 10.0. The lowest BCUT2D eigenvalue weighted by Gasteiger charge is -2.11. The second-order valence-electron chi connectivity index (χ2n) is 8.50. The third-order valence-electron chi connectivity index (χ3n) is 5.80. The normalized spacial score (nSPS) is 10.7. The molecule has 0 spiro atoms. The van der Waals surface area contributed by atoms with Gasteiger partial charge >= 0.3 is 5.97 Å². The Morgan fingerprint density at radius 1 is 0.816 bits per heavy atom. The molecule has 0 radical (unpaired) electrons. The fourth-order valence-corrected chi connectivity index (χ4v) is 4.02. The average Bonchev–Trinajstić information content (AvgIpc) is 2.96. The summed E-state index contributed by atoms with van der Waals surface area (Å²) < 4.78 is 11.2. The van der Waals surface area contributed by atoms with Gasteiger partial charge in [0.05, 0.1) is 16.8 Å². The van der Waals surface area contributed by atoms with E-state index in [0.29, 0.717) is 39.5 Å². The number of aromatic nitrogens is 1. The maximum absolute atomic E-state index is 13.1. The van der Waals surface area contributed by atoms with Crippen molar-refractivity contribution in [1.82, 2.24) is 4.98 Å². The Balaban J connectivity index is 1.31. The topological polar surface area (TPSA) is 77.5 Å². The van der Waals surface area contributed by atoms with Gasteiger partial charge in [-0.2, -0.15) is 0 Å². The number of fused-ring (bicyclic) bond motifs is 1. The smallest absolute Gasteiger partial charge is 0.339 e. The van der Waals surface area contributed by atoms with Crippen LogP contribution in [0.15, 0.2) is 109 Å². The van der Waals surface area contributed by atoms with Crippen molar-refractivity contribution in [1.29, 1.82) is 0 Å². The number of para-hydroxylation sites is 1. The van der Waals surface area contributed by atoms with Crippen LogP contribution < -0.4 is 10.1 Å². The molecule has 0 saturated carbocycles. The van der Waals surface area contributed by atoms with Crippen molar-refractivity contribution in [3.05, 3.63) is 125 Å². The van der Waals surface area contributed by atoms with E-state index >= 15 is 0 Å². The highest BCUT2D eigenvalue weighted by atomic mass is 35.5. The summed E-state index contributed by atoms with van der Waals surface area (Å²) in [4.78, 5) is 30.1. The first-order chi connectivity index (χ1) is 18.5. The first kappa shape index (κ1) is 25.0. The van der Waals surface area contributed by atoms with E-state index in [4.69, 9.17) is 26.1 Å². The van der Waals surface area contributed by atoms with Crippen molar-refractivity contribution in [3.63, 3.8) is 0 Å². The lowest BCUT2D eigenvalue weighted by Crippen LogP contribution is -2.21. The fourth-order valence-electron chi connectivity index (χ4n) is 3.89. The molecule has 188 valence electrons. The molecule has 38 heavy (non-hydrogen) atoms. The Kier molecular flexibility index (Phi) is 7.62. The number of rotatable bonds is 8. The van der Waals surface area contributed by atoms with Crippen LogP contribution in [0.1, 0.15) is 15.9 Å². The summed E-state index contributed by atoms with van der Waals surface area (Å²) in [6.45, 7) is 0.0386. The number of halogens is 1. The monoisotopic (exact) mass is 522 g/mol. The van der Waals surface area contributed by atoms with Gasteiger partial charge in [-0.3, -0.25) is 4.79 Å². The Labute approximate surface area is 224 Å². The zero-order valence-electron chi connectivity index (χ0n) is 20.3. The number of anilines is 1. The summed E-state index contributed by atoms with van der Waals surface area (Å²) in [5.41, 5.74) is 4.04. The maximum Gasteiger partial charge on any atom is 0.339 e. The molecule has 0 aliphatic carbocycles. The number of hydrogen-bond acceptors (Lipinski definition) is 5. The average molecular weight is 523 g/mol. The predicted molar refractivity (Wildman–Crippen MR) is 148 cm³/mol. The molecule has 1 N–H and O–H groups in total. The highest BCUT2D eigenvalue weighted by Gasteiger charge is 2.17. The molecular formula is C31H23ClN2O4. The summed E-state index contributed by atoms with van der Waals surface area (Å²) in [7, 11) is 0. The van der Waals surface area contributed by atoms with Crippen molar-refractivity contribution in [3.8, 4) is 17.0 Å². The van der Waals surface area contributed by atoms with E-state index in [1.165, 1.54) is 0 Å². The summed E-state index contributed by atoms with van der Waals surface area (Å²) >= 11 is 5.87. The zero-order valence-corrected chi connectivity index (χ0v) is 21.0. The number of esters is 1. The summed E-state index contributed by atoms with van der Waals surface area (Å²) in [5, 5.41) is 3.88. The van der Waals surface area contributed by atoms with Crippen molar-refractivity contribution in [2.24, 2.45) is 0 Å². The molecule has 0 aliphatic rings. The van der Waals surface area contributed by atoms with Crippen molar-refractivity contribution < 1.29 is 19.1 Å². The molecule has 1 amide bonds. The molecule has 0 aliphatic heterocycles. The van der Waals surface area contributed by atoms with Crippen LogP contribution in [-0.2, 0) is 16.1 Å². The molecule has 5 aromatic rings. The maximum atomic E-state index is 13.1. The number of amides is 1. The van der Waals surface area contributed by atoms with Gasteiger partial charge in [-0.25, -0.2) is 9.78 Å². The first-order valence-corrected chi connectivity index (χ1v) is 12.3. The molecule has 6 nitrogen and oxygen atoms in total. The number of nitrogens with one attached hydrogen (secondary N) is 1. The second-order valence-corrected chi connectivity index (χ2v) is 8.94. The third kappa shape index (κ3) is 6.17. The minimum absolute atomic E-state index is 0.328. The van der Waals surface area contributed by atoms with E-state index in [-0.39, 0.29) is 0 Å². The molecule has 1 heterocycles. The standard InChI is InChI=1S/C31H23ClN2O4/c32-23-12-14-24(15-13-23)33-30(35)20-38-31(36)27-18-29(34-28-9-5-4-8-26(27)28)22-10-16-25(17-11-22)37-19-21-6-2-1-3-7-21/h1-18H,19-20H2,(H,33,35). The number of benzene rings is 4. The van der Waals surface area contributed by atoms with Crippen LogP contribution in [0.4, 0.5) is 5.69 Å². The number of nitrogens with zero attached hydrogens (tertiary/aromatic N) is 1. The minimum Gasteiger partial charge on any atom is -0.489 e. The summed E-state index contributed by atoms with van der Waals surface area (Å²) in [6, 6.07) is 33.1. The molecule has 4 aromatic carbocycles. The molecule has 1 aromatic heterocycles. The largest absolute Gasteiger partial charge is 0.489 e. The second kappa shape index (κ2) is 11.6. The quantitative estimate of drug-likeness (QED) is 0.224. The number of carbonyl (C=O) groups is 2. The van der Waals surface area contributed by atoms with Crippen molar-refractivity contribution in [2.75, 3.05) is 11.9 Å². The fraction of sp³-hybridized carbons (Fsp3) is 0.0645. The number of ether oxygens (including phenoxy) is 2. The van der Waals surface area contributed by atoms with E-state index in [0.717, 1.165) is 16.9 Å². The SMILES string of the molecule is O=C(COC(=O)c1cc(-c2ccc(OCc3ccccc3)cc2)nc2ccccc12)Nc1ccc(Cl)cc1. The van der Waals surface area contributed by atoms with Crippen LogP contribution in [-0.4, -0.2) is 23.5 Å². The third-order valence-corrected chi connectivity index (χ3v) is 6.05. The molecule has 5 rings (SSSR count). The molecule has 0 unspecified atom stereocenters. The first-order valence-electron chi connectivity index (χ1n) is 11.9. The van der Waals surface area contributed by atoms with Gasteiger partial charge in [0.2, 0.25) is 0 Å². The summed E-state index contributed by atoms with van der Waals surface area (Å²) in [5.74, 6) is -0.339. The minimum atomic E-state index is -0.612. The Morgan fingerprint density at radius 3 is 2.29 bits per heavy atom. The van der Waals surface area contributed by atoms with Gasteiger partial charge in [0.15, 0.2) is 6.61 Å². The number of pyridine rings is 1. The summed E-state index contributed by atoms with van der Waals surface area (Å²) in [6.07, 6.45) is 0. The Bertz CT molecular complexity index is 1570. The molecule has 0 saturated heterocycles. The van der Waals surface area contributed by atoms with Gasteiger partial charge in [0.1, 0.15) is 12.4 Å². The van der Waals surface area contributed by atoms with Gasteiger partial charge in [0.25, 0.3) is 5.91 Å². The molecule has 0 bridgehead atoms. The zero-order chi connectivity index (χ0) is 26.3. The van der Waals surface area contributed by atoms with Gasteiger partial charge in [-0.15, -0.1) is 0 Å². The Hall–Kier alpha value is -4.68. The molecular weight excluding hydrogens is 500 g/mol. The van der Waals surface area contributed by atoms with Gasteiger partial charge in [-0.05, 0) is 66.2 Å². The van der Waals surface area contributed by atoms with Crippen LogP contribution in [0.3, 0.4) is 0 Å². The van der Waals surface area contributed by atoms with Crippen molar-refractivity contribution in [2.45, 2.75) is 6.61 Å². The number of hydrogen-bond donors (Lipinski definition) is 1. The van der Waals surface area contributed by atoms with E-state index in [1.54, 1.807) is 36.4 Å². The van der Waals surface area contributed by atoms with Crippen LogP contribution in [0.5, 0.6) is 5.75 Å². The van der Waals surface area contributed by atoms with E-state index in [9.17, 15) is 9.59 Å². The van der Waals surface area contributed by atoms with Gasteiger partial charge in [0, 0.05) is 21.7 Å². The van der Waals surface area contributed by atoms with Crippen LogP contribution in [0.2, 0.25) is 5.02 Å². The molecule has 7 heteroatoms. The highest BCUT2D eigenvalue weighted by molar-refractivity contribution is 6.30. The van der Waals surface area contributed by atoms with E-state index in [2.05, 4.69) is 5.32 Å². The van der Waals surface area contributed by atoms with Gasteiger partial charge in [-0.1, -0.05) is 60.1 Å². The highest BCUT2D eigenvalue weighted by Crippen LogP contribution is 2.27. The van der Waals surface area contributed by atoms with Gasteiger partial charge < -0.3 is 14.8 Å². The van der Waals surface area contributed by atoms with Crippen LogP contribution in [0, 0.1) is 0 Å². The molecule has 0 fully saturated rings. The van der Waals surface area contributed by atoms with Crippen LogP contribution >= 0.6 is 11.6 Å². The molecule has 0 atom stereocenters. The Morgan fingerprint density at radius 2 is 1.53 bits per heavy atom. The van der Waals surface area contributed by atoms with Crippen molar-refractivity contribution >= 4 is 40.1 Å². The van der Waals surface area contributed by atoms with Crippen LogP contribution in [0.25, 0.3) is 22.2 Å². The number of carbonyl (C=O) groups excluding carboxylic acids is 2. The predicted octanol–water partition coefficient (Wildman–Crippen LogP) is 6.93. The van der Waals surface area contributed by atoms with E-state index in [1.807, 2.05) is 72.8 Å².